The third-order valence-electron chi connectivity index (χ3n) is 8.34. The monoisotopic (exact) mass is 337 g/mol. The minimum absolute atomic E-state index is 0.286. The predicted molar refractivity (Wildman–Crippen MR) is 102 cm³/mol. The topological polar surface area (TPSA) is 12.0 Å². The van der Waals surface area contributed by atoms with E-state index in [1.807, 2.05) is 0 Å². The van der Waals surface area contributed by atoms with Gasteiger partial charge in [0.2, 0.25) is 0 Å². The molecule has 0 aromatic carbocycles. The van der Waals surface area contributed by atoms with Crippen molar-refractivity contribution in [2.24, 2.45) is 23.7 Å². The summed E-state index contributed by atoms with van der Waals surface area (Å²) in [6, 6.07) is 0. The Morgan fingerprint density at radius 2 is 1.45 bits per heavy atom. The van der Waals surface area contributed by atoms with E-state index in [1.165, 1.54) is 12.8 Å². The van der Waals surface area contributed by atoms with E-state index in [0.29, 0.717) is 0 Å². The molecule has 3 saturated carbocycles. The molecule has 0 spiro atoms. The zero-order chi connectivity index (χ0) is 15.5. The molecule has 1 heterocycles. The molecule has 1 N–H and O–H groups in total. The van der Waals surface area contributed by atoms with Crippen molar-refractivity contribution in [1.82, 2.24) is 4.98 Å². The maximum Gasteiger partial charge on any atom is 0.123 e. The van der Waals surface area contributed by atoms with Crippen LogP contribution in [0.4, 0.5) is 0 Å². The van der Waals surface area contributed by atoms with E-state index in [-0.39, 0.29) is 7.92 Å². The summed E-state index contributed by atoms with van der Waals surface area (Å²) >= 11 is 0. The van der Waals surface area contributed by atoms with E-state index in [4.69, 9.17) is 0 Å². The van der Waals surface area contributed by atoms with Crippen molar-refractivity contribution >= 4 is 16.2 Å². The van der Waals surface area contributed by atoms with Gasteiger partial charge in [-0.2, -0.15) is 0 Å². The first-order valence-electron chi connectivity index (χ1n) is 9.97. The van der Waals surface area contributed by atoms with Crippen molar-refractivity contribution in [3.63, 3.8) is 0 Å². The summed E-state index contributed by atoms with van der Waals surface area (Å²) in [6.45, 7) is 8.03. The van der Waals surface area contributed by atoms with Crippen LogP contribution in [0, 0.1) is 23.7 Å². The normalized spacial score (nSPS) is 51.3. The molecule has 0 aromatic heterocycles. The van der Waals surface area contributed by atoms with Gasteiger partial charge in [0.15, 0.2) is 0 Å². The summed E-state index contributed by atoms with van der Waals surface area (Å²) in [4.78, 5) is 3.88. The summed E-state index contributed by atoms with van der Waals surface area (Å²) in [5, 5.41) is 0. The molecule has 8 unspecified atom stereocenters. The molecule has 1 saturated heterocycles. The second-order valence-corrected chi connectivity index (χ2v) is 16.6. The fourth-order valence-corrected chi connectivity index (χ4v) is 15.8. The minimum Gasteiger partial charge on any atom is -0.340 e. The van der Waals surface area contributed by atoms with Crippen LogP contribution in [0.15, 0.2) is 0 Å². The van der Waals surface area contributed by atoms with Crippen LogP contribution in [0.3, 0.4) is 0 Å². The fourth-order valence-electron chi connectivity index (χ4n) is 7.40. The first-order valence-corrected chi connectivity index (χ1v) is 15.0. The molecular formula is C19H36NPSi. The van der Waals surface area contributed by atoms with Gasteiger partial charge in [-0.05, 0) is 73.5 Å². The molecular weight excluding hydrogens is 301 g/mol. The first kappa shape index (κ1) is 16.1. The average molecular weight is 338 g/mol. The van der Waals surface area contributed by atoms with Gasteiger partial charge in [0.1, 0.15) is 8.24 Å². The Balaban J connectivity index is 1.73. The lowest BCUT2D eigenvalue weighted by molar-refractivity contribution is 0.164. The summed E-state index contributed by atoms with van der Waals surface area (Å²) in [5.41, 5.74) is 3.39. The van der Waals surface area contributed by atoms with Crippen LogP contribution in [0.5, 0.6) is 0 Å². The summed E-state index contributed by atoms with van der Waals surface area (Å²) in [7, 11) is 1.28. The second kappa shape index (κ2) is 5.85. The van der Waals surface area contributed by atoms with Gasteiger partial charge in [0.25, 0.3) is 0 Å². The zero-order valence-corrected chi connectivity index (χ0v) is 17.0. The van der Waals surface area contributed by atoms with Crippen molar-refractivity contribution in [2.45, 2.75) is 81.3 Å². The van der Waals surface area contributed by atoms with Crippen LogP contribution in [-0.4, -0.2) is 33.3 Å². The summed E-state index contributed by atoms with van der Waals surface area (Å²) in [6.07, 6.45) is 12.5. The van der Waals surface area contributed by atoms with Crippen molar-refractivity contribution in [3.8, 4) is 0 Å². The number of rotatable bonds is 2. The van der Waals surface area contributed by atoms with E-state index in [0.717, 1.165) is 40.5 Å². The number of hydrogen-bond acceptors (Lipinski definition) is 1. The third-order valence-corrected chi connectivity index (χ3v) is 15.7. The Kier molecular flexibility index (Phi) is 4.28. The summed E-state index contributed by atoms with van der Waals surface area (Å²) in [5.74, 6) is 4.52. The van der Waals surface area contributed by atoms with E-state index in [2.05, 4.69) is 31.8 Å². The molecule has 0 aromatic rings. The standard InChI is InChI=1S/C19H36NPSi/c1-20-22(3,4)19-14-10-6-5-9-13(14)17-15-11-7-8-12-16(15)21(2)18(17)19/h13-20H,5-12H2,1-4H3. The van der Waals surface area contributed by atoms with Crippen molar-refractivity contribution in [2.75, 3.05) is 13.7 Å². The largest absolute Gasteiger partial charge is 0.340 e. The SMILES string of the molecule is CN[Si](C)(C)C1C2CCCCC2C2C3CCCCC3P(C)C21. The maximum absolute atomic E-state index is 3.88. The fraction of sp³-hybridized carbons (Fsp3) is 1.00. The third kappa shape index (κ3) is 2.23. The molecule has 1 aliphatic heterocycles. The van der Waals surface area contributed by atoms with Gasteiger partial charge < -0.3 is 4.98 Å². The van der Waals surface area contributed by atoms with Gasteiger partial charge >= 0.3 is 0 Å². The Morgan fingerprint density at radius 1 is 0.864 bits per heavy atom. The number of fused-ring (bicyclic) bond motifs is 5. The van der Waals surface area contributed by atoms with Crippen LogP contribution in [0.2, 0.25) is 18.6 Å². The molecule has 22 heavy (non-hydrogen) atoms. The van der Waals surface area contributed by atoms with Crippen molar-refractivity contribution < 1.29 is 0 Å². The maximum atomic E-state index is 3.88. The second-order valence-electron chi connectivity index (χ2n) is 9.36. The number of nitrogens with one attached hydrogen (secondary N) is 1. The highest BCUT2D eigenvalue weighted by Gasteiger charge is 2.64. The molecule has 0 amide bonds. The molecule has 3 heteroatoms. The van der Waals surface area contributed by atoms with E-state index < -0.39 is 8.24 Å². The molecule has 4 aliphatic rings. The number of hydrogen-bond donors (Lipinski definition) is 1. The Hall–Kier alpha value is 0.607. The van der Waals surface area contributed by atoms with Crippen molar-refractivity contribution in [3.05, 3.63) is 0 Å². The lowest BCUT2D eigenvalue weighted by Gasteiger charge is -2.42. The lowest BCUT2D eigenvalue weighted by Crippen LogP contribution is -2.51. The van der Waals surface area contributed by atoms with Crippen LogP contribution in [-0.2, 0) is 0 Å². The molecule has 0 radical (unpaired) electrons. The molecule has 8 atom stereocenters. The average Bonchev–Trinajstić information content (AvgIpc) is 3.02. The highest BCUT2D eigenvalue weighted by atomic mass is 31.1. The predicted octanol–water partition coefficient (Wildman–Crippen LogP) is 5.27. The van der Waals surface area contributed by atoms with Crippen LogP contribution >= 0.6 is 7.92 Å². The molecule has 126 valence electrons. The van der Waals surface area contributed by atoms with Gasteiger partial charge in [-0.15, -0.1) is 7.92 Å². The molecule has 0 bridgehead atoms. The van der Waals surface area contributed by atoms with Crippen LogP contribution < -0.4 is 4.98 Å². The van der Waals surface area contributed by atoms with Crippen LogP contribution in [0.1, 0.15) is 51.4 Å². The van der Waals surface area contributed by atoms with Crippen LogP contribution in [0.25, 0.3) is 0 Å². The van der Waals surface area contributed by atoms with Gasteiger partial charge in [0, 0.05) is 0 Å². The lowest BCUT2D eigenvalue weighted by atomic mass is 9.70. The Morgan fingerprint density at radius 3 is 2.14 bits per heavy atom. The zero-order valence-electron chi connectivity index (χ0n) is 15.1. The van der Waals surface area contributed by atoms with Gasteiger partial charge in [-0.25, -0.2) is 0 Å². The molecule has 4 rings (SSSR count). The van der Waals surface area contributed by atoms with Gasteiger partial charge in [0.05, 0.1) is 0 Å². The minimum atomic E-state index is -1.28. The Bertz CT molecular complexity index is 426. The van der Waals surface area contributed by atoms with E-state index >= 15 is 0 Å². The van der Waals surface area contributed by atoms with E-state index in [9.17, 15) is 0 Å². The van der Waals surface area contributed by atoms with Crippen molar-refractivity contribution in [1.29, 1.82) is 0 Å². The highest BCUT2D eigenvalue weighted by Crippen LogP contribution is 2.75. The van der Waals surface area contributed by atoms with Gasteiger partial charge in [-0.1, -0.05) is 45.2 Å². The summed E-state index contributed by atoms with van der Waals surface area (Å²) < 4.78 is 0. The smallest absolute Gasteiger partial charge is 0.123 e. The molecule has 4 fully saturated rings. The first-order chi connectivity index (χ1) is 10.6. The molecule has 3 aliphatic carbocycles. The highest BCUT2D eigenvalue weighted by molar-refractivity contribution is 7.59. The quantitative estimate of drug-likeness (QED) is 0.534. The Labute approximate surface area is 140 Å². The van der Waals surface area contributed by atoms with E-state index in [1.54, 1.807) is 38.5 Å². The van der Waals surface area contributed by atoms with Gasteiger partial charge in [-0.3, -0.25) is 0 Å². The molecule has 1 nitrogen and oxygen atoms in total.